The highest BCUT2D eigenvalue weighted by Gasteiger charge is 2.29. The topological polar surface area (TPSA) is 142 Å². The number of rotatable bonds is 8. The lowest BCUT2D eigenvalue weighted by molar-refractivity contribution is -0.147. The van der Waals surface area contributed by atoms with Crippen molar-refractivity contribution in [1.82, 2.24) is 10.6 Å². The molecule has 0 fully saturated rings. The summed E-state index contributed by atoms with van der Waals surface area (Å²) in [7, 11) is 0. The van der Waals surface area contributed by atoms with Crippen LogP contribution in [0, 0.1) is 5.92 Å². The summed E-state index contributed by atoms with van der Waals surface area (Å²) in [4.78, 5) is 45.8. The second-order valence-electron chi connectivity index (χ2n) is 6.83. The van der Waals surface area contributed by atoms with Crippen LogP contribution in [0.2, 0.25) is 0 Å². The SMILES string of the molecule is CC(C)CC(NC(=O)OC(C)(C)C)C(=O)NC(CC(=O)O)C(=O)O. The molecular weight excluding hydrogens is 320 g/mol. The van der Waals surface area contributed by atoms with Gasteiger partial charge in [-0.05, 0) is 33.1 Å². The summed E-state index contributed by atoms with van der Waals surface area (Å²) in [6, 6.07) is -2.61. The van der Waals surface area contributed by atoms with Crippen molar-refractivity contribution in [1.29, 1.82) is 0 Å². The Kier molecular flexibility index (Phi) is 8.21. The average Bonchev–Trinajstić information content (AvgIpc) is 2.33. The molecule has 0 radical (unpaired) electrons. The fraction of sp³-hybridized carbons (Fsp3) is 0.733. The molecule has 0 heterocycles. The summed E-state index contributed by atoms with van der Waals surface area (Å²) >= 11 is 0. The second-order valence-corrected chi connectivity index (χ2v) is 6.83. The van der Waals surface area contributed by atoms with Crippen LogP contribution >= 0.6 is 0 Å². The molecular formula is C15H26N2O7. The van der Waals surface area contributed by atoms with Crippen LogP contribution in [0.1, 0.15) is 47.5 Å². The Morgan fingerprint density at radius 3 is 1.92 bits per heavy atom. The first-order valence-corrected chi connectivity index (χ1v) is 7.56. The van der Waals surface area contributed by atoms with E-state index in [0.29, 0.717) is 0 Å². The Morgan fingerprint density at radius 2 is 1.54 bits per heavy atom. The minimum atomic E-state index is -1.58. The zero-order chi connectivity index (χ0) is 19.1. The van der Waals surface area contributed by atoms with Crippen LogP contribution in [0.4, 0.5) is 4.79 Å². The molecule has 2 amide bonds. The molecule has 4 N–H and O–H groups in total. The summed E-state index contributed by atoms with van der Waals surface area (Å²) in [6.45, 7) is 8.64. The van der Waals surface area contributed by atoms with E-state index in [1.807, 2.05) is 13.8 Å². The highest BCUT2D eigenvalue weighted by Crippen LogP contribution is 2.10. The Balaban J connectivity index is 5.01. The zero-order valence-electron chi connectivity index (χ0n) is 14.6. The van der Waals surface area contributed by atoms with Gasteiger partial charge in [-0.3, -0.25) is 9.59 Å². The number of alkyl carbamates (subject to hydrolysis) is 1. The van der Waals surface area contributed by atoms with Crippen molar-refractivity contribution >= 4 is 23.9 Å². The lowest BCUT2D eigenvalue weighted by Gasteiger charge is -2.25. The molecule has 138 valence electrons. The van der Waals surface area contributed by atoms with E-state index in [2.05, 4.69) is 10.6 Å². The van der Waals surface area contributed by atoms with E-state index >= 15 is 0 Å². The maximum Gasteiger partial charge on any atom is 0.408 e. The van der Waals surface area contributed by atoms with Crippen molar-refractivity contribution in [2.45, 2.75) is 65.1 Å². The van der Waals surface area contributed by atoms with E-state index in [9.17, 15) is 19.2 Å². The summed E-state index contributed by atoms with van der Waals surface area (Å²) < 4.78 is 5.08. The standard InChI is InChI=1S/C15H26N2O7/c1-8(2)6-9(17-14(23)24-15(3,4)5)12(20)16-10(13(21)22)7-11(18)19/h8-10H,6-7H2,1-5H3,(H,16,20)(H,17,23)(H,18,19)(H,21,22). The van der Waals surface area contributed by atoms with Gasteiger partial charge in [-0.2, -0.15) is 0 Å². The molecule has 0 aromatic rings. The van der Waals surface area contributed by atoms with Crippen LogP contribution in [-0.2, 0) is 19.1 Å². The van der Waals surface area contributed by atoms with Gasteiger partial charge in [0, 0.05) is 0 Å². The lowest BCUT2D eigenvalue weighted by atomic mass is 10.0. The van der Waals surface area contributed by atoms with Gasteiger partial charge in [0.25, 0.3) is 0 Å². The predicted octanol–water partition coefficient (Wildman–Crippen LogP) is 0.970. The van der Waals surface area contributed by atoms with Gasteiger partial charge in [0.15, 0.2) is 0 Å². The van der Waals surface area contributed by atoms with Gasteiger partial charge in [0.1, 0.15) is 17.7 Å². The van der Waals surface area contributed by atoms with E-state index in [4.69, 9.17) is 14.9 Å². The second kappa shape index (κ2) is 9.09. The molecule has 2 atom stereocenters. The Morgan fingerprint density at radius 1 is 1.00 bits per heavy atom. The van der Waals surface area contributed by atoms with Crippen LogP contribution in [0.15, 0.2) is 0 Å². The maximum atomic E-state index is 12.2. The largest absolute Gasteiger partial charge is 0.481 e. The Hall–Kier alpha value is -2.32. The molecule has 0 rings (SSSR count). The van der Waals surface area contributed by atoms with Gasteiger partial charge in [-0.25, -0.2) is 9.59 Å². The smallest absolute Gasteiger partial charge is 0.408 e. The van der Waals surface area contributed by atoms with Gasteiger partial charge in [-0.1, -0.05) is 13.8 Å². The summed E-state index contributed by atoms with van der Waals surface area (Å²) in [5.41, 5.74) is -0.754. The highest BCUT2D eigenvalue weighted by molar-refractivity contribution is 5.90. The molecule has 0 bridgehead atoms. The van der Waals surface area contributed by atoms with Gasteiger partial charge < -0.3 is 25.6 Å². The molecule has 24 heavy (non-hydrogen) atoms. The number of nitrogens with one attached hydrogen (secondary N) is 2. The minimum absolute atomic E-state index is 0.0263. The van der Waals surface area contributed by atoms with Gasteiger partial charge in [0.2, 0.25) is 5.91 Å². The van der Waals surface area contributed by atoms with Crippen molar-refractivity contribution in [3.8, 4) is 0 Å². The Labute approximate surface area is 140 Å². The Bertz CT molecular complexity index is 483. The van der Waals surface area contributed by atoms with Crippen molar-refractivity contribution < 1.29 is 34.1 Å². The fourth-order valence-electron chi connectivity index (χ4n) is 1.80. The summed E-state index contributed by atoms with van der Waals surface area (Å²) in [5, 5.41) is 22.2. The number of carbonyl (C=O) groups is 4. The number of hydrogen-bond acceptors (Lipinski definition) is 5. The lowest BCUT2D eigenvalue weighted by Crippen LogP contribution is -2.53. The normalized spacial score (nSPS) is 13.8. The molecule has 0 aromatic heterocycles. The third-order valence-electron chi connectivity index (χ3n) is 2.71. The molecule has 9 nitrogen and oxygen atoms in total. The number of amides is 2. The van der Waals surface area contributed by atoms with E-state index < -0.39 is 48.0 Å². The van der Waals surface area contributed by atoms with E-state index in [1.165, 1.54) is 0 Å². The van der Waals surface area contributed by atoms with Crippen LogP contribution < -0.4 is 10.6 Å². The third kappa shape index (κ3) is 9.65. The average molecular weight is 346 g/mol. The van der Waals surface area contributed by atoms with Gasteiger partial charge in [-0.15, -0.1) is 0 Å². The quantitative estimate of drug-likeness (QED) is 0.513. The van der Waals surface area contributed by atoms with E-state index in [0.717, 1.165) is 0 Å². The molecule has 0 saturated heterocycles. The first-order chi connectivity index (χ1) is 10.8. The molecule has 9 heteroatoms. The first kappa shape index (κ1) is 21.7. The molecule has 0 spiro atoms. The number of ether oxygens (including phenoxy) is 1. The minimum Gasteiger partial charge on any atom is -0.481 e. The monoisotopic (exact) mass is 346 g/mol. The predicted molar refractivity (Wildman–Crippen MR) is 84.4 cm³/mol. The molecule has 0 aliphatic carbocycles. The molecule has 0 saturated carbocycles. The first-order valence-electron chi connectivity index (χ1n) is 7.56. The van der Waals surface area contributed by atoms with Crippen molar-refractivity contribution in [2.75, 3.05) is 0 Å². The van der Waals surface area contributed by atoms with Crippen molar-refractivity contribution in [3.05, 3.63) is 0 Å². The summed E-state index contributed by atoms with van der Waals surface area (Å²) in [6.07, 6.45) is -1.33. The number of hydrogen-bond donors (Lipinski definition) is 4. The van der Waals surface area contributed by atoms with Gasteiger partial charge >= 0.3 is 18.0 Å². The van der Waals surface area contributed by atoms with Crippen LogP contribution in [0.5, 0.6) is 0 Å². The van der Waals surface area contributed by atoms with Crippen LogP contribution in [0.25, 0.3) is 0 Å². The van der Waals surface area contributed by atoms with Crippen LogP contribution in [-0.4, -0.2) is 51.8 Å². The van der Waals surface area contributed by atoms with Crippen LogP contribution in [0.3, 0.4) is 0 Å². The number of carboxylic acid groups (broad SMARTS) is 2. The maximum absolute atomic E-state index is 12.2. The molecule has 0 aromatic carbocycles. The third-order valence-corrected chi connectivity index (χ3v) is 2.71. The van der Waals surface area contributed by atoms with E-state index in [-0.39, 0.29) is 12.3 Å². The van der Waals surface area contributed by atoms with Crippen molar-refractivity contribution in [2.24, 2.45) is 5.92 Å². The molecule has 0 aliphatic rings. The zero-order valence-corrected chi connectivity index (χ0v) is 14.6. The fourth-order valence-corrected chi connectivity index (χ4v) is 1.80. The number of carboxylic acids is 2. The van der Waals surface area contributed by atoms with E-state index in [1.54, 1.807) is 20.8 Å². The molecule has 0 aliphatic heterocycles. The number of aliphatic carboxylic acids is 2. The van der Waals surface area contributed by atoms with Gasteiger partial charge in [0.05, 0.1) is 6.42 Å². The van der Waals surface area contributed by atoms with Crippen molar-refractivity contribution in [3.63, 3.8) is 0 Å². The number of carbonyl (C=O) groups excluding carboxylic acids is 2. The summed E-state index contributed by atoms with van der Waals surface area (Å²) in [5.74, 6) is -3.57. The highest BCUT2D eigenvalue weighted by atomic mass is 16.6. The molecule has 2 unspecified atom stereocenters.